The summed E-state index contributed by atoms with van der Waals surface area (Å²) >= 11 is 0. The standard InChI is InChI=1S/C17H19FN6O3/c18-10-3-1-9(2-4-10)5-20-6-11-13(25)14(26)17(27-11)24-8-23-12-15(19)21-7-22-16(12)24/h1-4,7-8,11,13-14,17,20,25-26H,5-6H2,(H2,19,21,22)/t11-,13+,14-,17+/m1/s1. The minimum atomic E-state index is -1.16. The number of imidazole rings is 1. The monoisotopic (exact) mass is 374 g/mol. The molecular formula is C17H19FN6O3. The second kappa shape index (κ2) is 7.16. The quantitative estimate of drug-likeness (QED) is 0.489. The Hall–Kier alpha value is -2.66. The Bertz CT molecular complexity index is 934. The van der Waals surface area contributed by atoms with Crippen molar-refractivity contribution in [2.24, 2.45) is 0 Å². The van der Waals surface area contributed by atoms with Gasteiger partial charge in [-0.1, -0.05) is 12.1 Å². The molecule has 0 radical (unpaired) electrons. The zero-order chi connectivity index (χ0) is 19.0. The van der Waals surface area contributed by atoms with Crippen LogP contribution in [-0.2, 0) is 11.3 Å². The molecule has 0 aliphatic carbocycles. The van der Waals surface area contributed by atoms with Crippen LogP contribution in [0.15, 0.2) is 36.9 Å². The van der Waals surface area contributed by atoms with E-state index in [-0.39, 0.29) is 11.6 Å². The molecule has 3 aromatic rings. The van der Waals surface area contributed by atoms with Gasteiger partial charge >= 0.3 is 0 Å². The number of aromatic nitrogens is 4. The molecule has 0 spiro atoms. The Morgan fingerprint density at radius 1 is 1.15 bits per heavy atom. The number of nitrogens with one attached hydrogen (secondary N) is 1. The van der Waals surface area contributed by atoms with Crippen molar-refractivity contribution < 1.29 is 19.3 Å². The fourth-order valence-corrected chi connectivity index (χ4v) is 3.14. The van der Waals surface area contributed by atoms with Crippen LogP contribution < -0.4 is 11.1 Å². The van der Waals surface area contributed by atoms with Gasteiger partial charge in [0.15, 0.2) is 17.7 Å². The molecule has 3 heterocycles. The van der Waals surface area contributed by atoms with E-state index in [0.29, 0.717) is 24.3 Å². The molecule has 4 atom stereocenters. The highest BCUT2D eigenvalue weighted by molar-refractivity contribution is 5.81. The van der Waals surface area contributed by atoms with Crippen LogP contribution in [0.3, 0.4) is 0 Å². The number of ether oxygens (including phenoxy) is 1. The predicted molar refractivity (Wildman–Crippen MR) is 93.8 cm³/mol. The smallest absolute Gasteiger partial charge is 0.167 e. The number of nitrogens with two attached hydrogens (primary N) is 1. The van der Waals surface area contributed by atoms with Gasteiger partial charge in [0.25, 0.3) is 0 Å². The number of rotatable bonds is 5. The van der Waals surface area contributed by atoms with Crippen LogP contribution in [0.5, 0.6) is 0 Å². The van der Waals surface area contributed by atoms with Crippen LogP contribution in [0.2, 0.25) is 0 Å². The van der Waals surface area contributed by atoms with Gasteiger partial charge in [0.1, 0.15) is 36.0 Å². The Kier molecular flexibility index (Phi) is 4.70. The van der Waals surface area contributed by atoms with E-state index in [1.54, 1.807) is 12.1 Å². The van der Waals surface area contributed by atoms with E-state index in [4.69, 9.17) is 10.5 Å². The third kappa shape index (κ3) is 3.35. The van der Waals surface area contributed by atoms with E-state index in [1.807, 2.05) is 0 Å². The molecule has 1 aliphatic rings. The van der Waals surface area contributed by atoms with Gasteiger partial charge in [0, 0.05) is 13.1 Å². The minimum absolute atomic E-state index is 0.226. The zero-order valence-electron chi connectivity index (χ0n) is 14.2. The first-order chi connectivity index (χ1) is 13.0. The maximum absolute atomic E-state index is 12.9. The summed E-state index contributed by atoms with van der Waals surface area (Å²) in [6, 6.07) is 6.12. The van der Waals surface area contributed by atoms with Gasteiger partial charge in [-0.3, -0.25) is 4.57 Å². The molecule has 5 N–H and O–H groups in total. The van der Waals surface area contributed by atoms with Crippen molar-refractivity contribution in [1.29, 1.82) is 0 Å². The highest BCUT2D eigenvalue weighted by Gasteiger charge is 2.44. The van der Waals surface area contributed by atoms with Crippen LogP contribution in [-0.4, -0.2) is 54.6 Å². The molecule has 1 fully saturated rings. The molecule has 9 nitrogen and oxygen atoms in total. The molecule has 0 bridgehead atoms. The second-order valence-electron chi connectivity index (χ2n) is 6.39. The first-order valence-corrected chi connectivity index (χ1v) is 8.44. The van der Waals surface area contributed by atoms with Gasteiger partial charge in [-0.2, -0.15) is 0 Å². The number of hydrogen-bond acceptors (Lipinski definition) is 8. The summed E-state index contributed by atoms with van der Waals surface area (Å²) < 4.78 is 20.3. The maximum Gasteiger partial charge on any atom is 0.167 e. The summed E-state index contributed by atoms with van der Waals surface area (Å²) in [4.78, 5) is 12.2. The Balaban J connectivity index is 1.44. The lowest BCUT2D eigenvalue weighted by atomic mass is 10.1. The van der Waals surface area contributed by atoms with E-state index < -0.39 is 24.5 Å². The number of hydrogen-bond donors (Lipinski definition) is 4. The first kappa shape index (κ1) is 17.7. The Labute approximate surface area is 153 Å². The molecule has 0 unspecified atom stereocenters. The molecule has 142 valence electrons. The third-order valence-electron chi connectivity index (χ3n) is 4.59. The molecular weight excluding hydrogens is 355 g/mol. The molecule has 1 aliphatic heterocycles. The summed E-state index contributed by atoms with van der Waals surface area (Å²) in [7, 11) is 0. The lowest BCUT2D eigenvalue weighted by Crippen LogP contribution is -2.37. The molecule has 2 aromatic heterocycles. The van der Waals surface area contributed by atoms with Crippen molar-refractivity contribution in [3.63, 3.8) is 0 Å². The van der Waals surface area contributed by atoms with Gasteiger partial charge in [-0.25, -0.2) is 19.3 Å². The fraction of sp³-hybridized carbons (Fsp3) is 0.353. The number of benzene rings is 1. The number of nitrogen functional groups attached to an aromatic ring is 1. The SMILES string of the molecule is Nc1ncnc2c1ncn2[C@H]1O[C@H](CNCc2ccc(F)cc2)[C@H](O)[C@H]1O. The van der Waals surface area contributed by atoms with Crippen molar-refractivity contribution in [1.82, 2.24) is 24.8 Å². The molecule has 1 aromatic carbocycles. The molecule has 0 saturated carbocycles. The predicted octanol–water partition coefficient (Wildman–Crippen LogP) is -0.0434. The largest absolute Gasteiger partial charge is 0.387 e. The topological polar surface area (TPSA) is 131 Å². The highest BCUT2D eigenvalue weighted by Crippen LogP contribution is 2.31. The minimum Gasteiger partial charge on any atom is -0.387 e. The van der Waals surface area contributed by atoms with Crippen LogP contribution in [0.4, 0.5) is 10.2 Å². The van der Waals surface area contributed by atoms with E-state index in [1.165, 1.54) is 29.4 Å². The van der Waals surface area contributed by atoms with Crippen LogP contribution in [0.1, 0.15) is 11.8 Å². The normalized spacial score (nSPS) is 25.3. The Morgan fingerprint density at radius 3 is 2.70 bits per heavy atom. The van der Waals surface area contributed by atoms with Gasteiger partial charge < -0.3 is 26.0 Å². The van der Waals surface area contributed by atoms with Crippen LogP contribution in [0.25, 0.3) is 11.2 Å². The average molecular weight is 374 g/mol. The van der Waals surface area contributed by atoms with Crippen molar-refractivity contribution in [2.45, 2.75) is 31.1 Å². The summed E-state index contributed by atoms with van der Waals surface area (Å²) in [5, 5.41) is 23.9. The molecule has 0 amide bonds. The second-order valence-corrected chi connectivity index (χ2v) is 6.39. The number of anilines is 1. The average Bonchev–Trinajstić information content (AvgIpc) is 3.21. The van der Waals surface area contributed by atoms with Crippen molar-refractivity contribution in [3.05, 3.63) is 48.3 Å². The van der Waals surface area contributed by atoms with E-state index >= 15 is 0 Å². The fourth-order valence-electron chi connectivity index (χ4n) is 3.14. The Morgan fingerprint density at radius 2 is 1.93 bits per heavy atom. The van der Waals surface area contributed by atoms with E-state index in [9.17, 15) is 14.6 Å². The highest BCUT2D eigenvalue weighted by atomic mass is 19.1. The number of halogens is 1. The zero-order valence-corrected chi connectivity index (χ0v) is 14.2. The molecule has 27 heavy (non-hydrogen) atoms. The van der Waals surface area contributed by atoms with Crippen LogP contribution in [0, 0.1) is 5.82 Å². The van der Waals surface area contributed by atoms with Gasteiger partial charge in [-0.15, -0.1) is 0 Å². The molecule has 10 heteroatoms. The first-order valence-electron chi connectivity index (χ1n) is 8.44. The number of aliphatic hydroxyl groups is 2. The summed E-state index contributed by atoms with van der Waals surface area (Å²) in [6.07, 6.45) is -0.984. The van der Waals surface area contributed by atoms with Crippen LogP contribution >= 0.6 is 0 Å². The van der Waals surface area contributed by atoms with E-state index in [0.717, 1.165) is 5.56 Å². The molecule has 1 saturated heterocycles. The van der Waals surface area contributed by atoms with Gasteiger partial charge in [0.05, 0.1) is 6.33 Å². The van der Waals surface area contributed by atoms with Crippen molar-refractivity contribution in [2.75, 3.05) is 12.3 Å². The summed E-state index contributed by atoms with van der Waals surface area (Å²) in [6.45, 7) is 0.779. The lowest BCUT2D eigenvalue weighted by molar-refractivity contribution is -0.0342. The van der Waals surface area contributed by atoms with Gasteiger partial charge in [0.2, 0.25) is 0 Å². The molecule has 4 rings (SSSR count). The maximum atomic E-state index is 12.9. The van der Waals surface area contributed by atoms with Crippen molar-refractivity contribution in [3.8, 4) is 0 Å². The summed E-state index contributed by atoms with van der Waals surface area (Å²) in [5.74, 6) is -0.0689. The number of fused-ring (bicyclic) bond motifs is 1. The van der Waals surface area contributed by atoms with E-state index in [2.05, 4.69) is 20.3 Å². The number of aliphatic hydroxyl groups excluding tert-OH is 2. The summed E-state index contributed by atoms with van der Waals surface area (Å²) in [5.41, 5.74) is 7.49. The third-order valence-corrected chi connectivity index (χ3v) is 4.59. The van der Waals surface area contributed by atoms with Crippen molar-refractivity contribution >= 4 is 17.0 Å². The number of nitrogens with zero attached hydrogens (tertiary/aromatic N) is 4. The lowest BCUT2D eigenvalue weighted by Gasteiger charge is -2.16. The van der Waals surface area contributed by atoms with Gasteiger partial charge in [-0.05, 0) is 17.7 Å².